The minimum Gasteiger partial charge on any atom is -0.468 e. The van der Waals surface area contributed by atoms with Crippen molar-refractivity contribution in [2.24, 2.45) is 5.41 Å². The van der Waals surface area contributed by atoms with Gasteiger partial charge in [0.15, 0.2) is 0 Å². The maximum absolute atomic E-state index is 13.7. The number of rotatable bonds is 5. The maximum atomic E-state index is 13.7. The highest BCUT2D eigenvalue weighted by atomic mass is 16.5. The van der Waals surface area contributed by atoms with Gasteiger partial charge in [-0.15, -0.1) is 0 Å². The van der Waals surface area contributed by atoms with E-state index < -0.39 is 5.41 Å². The predicted molar refractivity (Wildman–Crippen MR) is 133 cm³/mol. The lowest BCUT2D eigenvalue weighted by molar-refractivity contribution is -0.151. The average molecular weight is 438 g/mol. The summed E-state index contributed by atoms with van der Waals surface area (Å²) >= 11 is 0. The van der Waals surface area contributed by atoms with Gasteiger partial charge in [0.1, 0.15) is 5.41 Å². The quantitative estimate of drug-likeness (QED) is 0.459. The number of fused-ring (bicyclic) bond motifs is 1. The van der Waals surface area contributed by atoms with Crippen LogP contribution in [-0.4, -0.2) is 31.1 Å². The molecule has 168 valence electrons. The summed E-state index contributed by atoms with van der Waals surface area (Å²) in [5.74, 6) is 0.00221. The highest BCUT2D eigenvalue weighted by molar-refractivity contribution is 5.89. The Morgan fingerprint density at radius 2 is 1.64 bits per heavy atom. The van der Waals surface area contributed by atoms with Crippen molar-refractivity contribution in [1.82, 2.24) is 4.90 Å². The molecular formula is C30H31NO2. The second kappa shape index (κ2) is 8.99. The summed E-state index contributed by atoms with van der Waals surface area (Å²) in [6.07, 6.45) is 1.91. The number of likely N-dealkylation sites (tertiary alicyclic amines) is 1. The number of aryl methyl sites for hydroxylation is 1. The fraction of sp³-hybridized carbons (Fsp3) is 0.300. The number of carbonyl (C=O) groups excluding carboxylic acids is 1. The zero-order valence-electron chi connectivity index (χ0n) is 19.5. The van der Waals surface area contributed by atoms with Gasteiger partial charge in [-0.2, -0.15) is 0 Å². The Hall–Kier alpha value is -3.17. The molecule has 1 fully saturated rings. The first-order valence-corrected chi connectivity index (χ1v) is 11.8. The molecule has 3 aromatic rings. The van der Waals surface area contributed by atoms with Gasteiger partial charge in [0.25, 0.3) is 0 Å². The van der Waals surface area contributed by atoms with E-state index in [-0.39, 0.29) is 11.9 Å². The Balaban J connectivity index is 1.67. The summed E-state index contributed by atoms with van der Waals surface area (Å²) in [7, 11) is 1.54. The first kappa shape index (κ1) is 21.7. The fourth-order valence-electron chi connectivity index (χ4n) is 6.05. The first-order chi connectivity index (χ1) is 16.1. The molecule has 2 atom stereocenters. The van der Waals surface area contributed by atoms with Gasteiger partial charge in [-0.1, -0.05) is 84.9 Å². The number of methoxy groups -OCH3 is 1. The Morgan fingerprint density at radius 1 is 0.970 bits per heavy atom. The van der Waals surface area contributed by atoms with Gasteiger partial charge < -0.3 is 4.74 Å². The van der Waals surface area contributed by atoms with Crippen molar-refractivity contribution in [2.75, 3.05) is 20.2 Å². The van der Waals surface area contributed by atoms with Gasteiger partial charge in [0, 0.05) is 25.6 Å². The lowest BCUT2D eigenvalue weighted by atomic mass is 9.61. The zero-order chi connectivity index (χ0) is 22.8. The SMILES string of the molecule is COC(=O)C12CN(Cc3ccccc3)CC1=C(c1ccccc1C)CCC2c1ccccc1. The van der Waals surface area contributed by atoms with Crippen LogP contribution in [0.5, 0.6) is 0 Å². The molecular weight excluding hydrogens is 406 g/mol. The number of carbonyl (C=O) groups is 1. The monoisotopic (exact) mass is 437 g/mol. The molecule has 0 saturated carbocycles. The number of nitrogens with zero attached hydrogens (tertiary/aromatic N) is 1. The molecule has 0 radical (unpaired) electrons. The molecule has 1 saturated heterocycles. The standard InChI is InChI=1S/C30H31NO2/c1-22-11-9-10-16-25(22)26-17-18-27(24-14-7-4-8-15-24)30(29(32)33-2)21-31(20-28(26)30)19-23-12-5-3-6-13-23/h3-16,27H,17-21H2,1-2H3. The van der Waals surface area contributed by atoms with Crippen LogP contribution in [0.1, 0.15) is 41.0 Å². The van der Waals surface area contributed by atoms with Crippen LogP contribution in [0.2, 0.25) is 0 Å². The van der Waals surface area contributed by atoms with Crippen LogP contribution in [0.25, 0.3) is 5.57 Å². The van der Waals surface area contributed by atoms with Crippen LogP contribution in [0, 0.1) is 12.3 Å². The number of benzene rings is 3. The summed E-state index contributed by atoms with van der Waals surface area (Å²) in [5, 5.41) is 0. The van der Waals surface area contributed by atoms with Crippen molar-refractivity contribution in [3.05, 3.63) is 113 Å². The minimum atomic E-state index is -0.666. The lowest BCUT2D eigenvalue weighted by Crippen LogP contribution is -2.44. The van der Waals surface area contributed by atoms with Crippen LogP contribution in [0.4, 0.5) is 0 Å². The Morgan fingerprint density at radius 3 is 2.33 bits per heavy atom. The third-order valence-electron chi connectivity index (χ3n) is 7.51. The minimum absolute atomic E-state index is 0.104. The summed E-state index contributed by atoms with van der Waals surface area (Å²) in [5.41, 5.74) is 6.95. The molecule has 5 rings (SSSR count). The summed E-state index contributed by atoms with van der Waals surface area (Å²) in [6.45, 7) is 4.46. The number of allylic oxidation sites excluding steroid dienone is 1. The van der Waals surface area contributed by atoms with Crippen LogP contribution < -0.4 is 0 Å². The van der Waals surface area contributed by atoms with Crippen LogP contribution in [-0.2, 0) is 16.1 Å². The Bertz CT molecular complexity index is 1170. The van der Waals surface area contributed by atoms with E-state index in [4.69, 9.17) is 4.74 Å². The Labute approximate surface area is 196 Å². The van der Waals surface area contributed by atoms with Crippen molar-refractivity contribution in [3.63, 3.8) is 0 Å². The van der Waals surface area contributed by atoms with Crippen molar-refractivity contribution in [3.8, 4) is 0 Å². The van der Waals surface area contributed by atoms with Gasteiger partial charge in [0.05, 0.1) is 7.11 Å². The lowest BCUT2D eigenvalue weighted by Gasteiger charge is -2.41. The van der Waals surface area contributed by atoms with E-state index in [2.05, 4.69) is 84.6 Å². The smallest absolute Gasteiger partial charge is 0.317 e. The molecule has 0 amide bonds. The molecule has 2 unspecified atom stereocenters. The third kappa shape index (κ3) is 3.81. The van der Waals surface area contributed by atoms with Crippen LogP contribution in [0.3, 0.4) is 0 Å². The molecule has 0 aromatic heterocycles. The van der Waals surface area contributed by atoms with E-state index in [9.17, 15) is 4.79 Å². The predicted octanol–water partition coefficient (Wildman–Crippen LogP) is 6.00. The van der Waals surface area contributed by atoms with Crippen molar-refractivity contribution in [2.45, 2.75) is 32.2 Å². The molecule has 1 aliphatic heterocycles. The van der Waals surface area contributed by atoms with Crippen LogP contribution >= 0.6 is 0 Å². The number of esters is 1. The van der Waals surface area contributed by atoms with E-state index in [1.54, 1.807) is 7.11 Å². The molecule has 2 aliphatic rings. The molecule has 1 heterocycles. The summed E-state index contributed by atoms with van der Waals surface area (Å²) in [6, 6.07) is 29.7. The summed E-state index contributed by atoms with van der Waals surface area (Å²) in [4.78, 5) is 16.2. The zero-order valence-corrected chi connectivity index (χ0v) is 19.5. The Kier molecular flexibility index (Phi) is 5.90. The van der Waals surface area contributed by atoms with Crippen molar-refractivity contribution in [1.29, 1.82) is 0 Å². The summed E-state index contributed by atoms with van der Waals surface area (Å²) < 4.78 is 5.56. The van der Waals surface area contributed by atoms with E-state index in [0.29, 0.717) is 6.54 Å². The second-order valence-electron chi connectivity index (χ2n) is 9.37. The van der Waals surface area contributed by atoms with E-state index in [1.165, 1.54) is 33.4 Å². The molecule has 3 aromatic carbocycles. The van der Waals surface area contributed by atoms with Gasteiger partial charge in [-0.05, 0) is 53.2 Å². The van der Waals surface area contributed by atoms with Gasteiger partial charge in [0.2, 0.25) is 0 Å². The number of ether oxygens (including phenoxy) is 1. The maximum Gasteiger partial charge on any atom is 0.317 e. The molecule has 33 heavy (non-hydrogen) atoms. The van der Waals surface area contributed by atoms with Crippen molar-refractivity contribution < 1.29 is 9.53 Å². The highest BCUT2D eigenvalue weighted by Crippen LogP contribution is 2.57. The molecule has 1 aliphatic carbocycles. The van der Waals surface area contributed by atoms with E-state index >= 15 is 0 Å². The molecule has 0 spiro atoms. The second-order valence-corrected chi connectivity index (χ2v) is 9.37. The highest BCUT2D eigenvalue weighted by Gasteiger charge is 2.57. The largest absolute Gasteiger partial charge is 0.468 e. The number of hydrogen-bond donors (Lipinski definition) is 0. The molecule has 3 heteroatoms. The molecule has 0 N–H and O–H groups in total. The number of hydrogen-bond acceptors (Lipinski definition) is 3. The van der Waals surface area contributed by atoms with Crippen LogP contribution in [0.15, 0.2) is 90.5 Å². The van der Waals surface area contributed by atoms with E-state index in [0.717, 1.165) is 25.9 Å². The molecule has 3 nitrogen and oxygen atoms in total. The van der Waals surface area contributed by atoms with E-state index in [1.807, 2.05) is 12.1 Å². The van der Waals surface area contributed by atoms with Gasteiger partial charge >= 0.3 is 5.97 Å². The van der Waals surface area contributed by atoms with Crippen molar-refractivity contribution >= 4 is 11.5 Å². The van der Waals surface area contributed by atoms with Gasteiger partial charge in [-0.3, -0.25) is 9.69 Å². The first-order valence-electron chi connectivity index (χ1n) is 11.8. The normalized spacial score (nSPS) is 22.8. The third-order valence-corrected chi connectivity index (χ3v) is 7.51. The molecule has 0 bridgehead atoms. The average Bonchev–Trinajstić information content (AvgIpc) is 3.24. The van der Waals surface area contributed by atoms with Gasteiger partial charge in [-0.25, -0.2) is 0 Å². The fourth-order valence-corrected chi connectivity index (χ4v) is 6.05. The topological polar surface area (TPSA) is 29.5 Å².